The highest BCUT2D eigenvalue weighted by molar-refractivity contribution is 5.73. The van der Waals surface area contributed by atoms with Gasteiger partial charge in [0.15, 0.2) is 5.60 Å². The van der Waals surface area contributed by atoms with Crippen molar-refractivity contribution in [1.29, 1.82) is 0 Å². The van der Waals surface area contributed by atoms with Crippen LogP contribution in [0.3, 0.4) is 0 Å². The molecule has 0 aromatic rings. The molecule has 1 unspecified atom stereocenters. The number of nitrogens with zero attached hydrogens (tertiary/aromatic N) is 1. The molecular formula is C10H16F3NO4. The highest BCUT2D eigenvalue weighted by Crippen LogP contribution is 2.38. The Morgan fingerprint density at radius 2 is 1.94 bits per heavy atom. The van der Waals surface area contributed by atoms with Crippen molar-refractivity contribution in [2.75, 3.05) is 26.8 Å². The Balaban J connectivity index is 2.65. The van der Waals surface area contributed by atoms with Gasteiger partial charge in [-0.15, -0.1) is 0 Å². The number of rotatable bonds is 4. The second-order valence-corrected chi connectivity index (χ2v) is 4.37. The van der Waals surface area contributed by atoms with Crippen LogP contribution in [0.5, 0.6) is 0 Å². The van der Waals surface area contributed by atoms with Crippen molar-refractivity contribution in [3.63, 3.8) is 0 Å². The number of carbonyl (C=O) groups is 1. The fourth-order valence-corrected chi connectivity index (χ4v) is 1.98. The number of methoxy groups -OCH3 is 1. The molecule has 0 radical (unpaired) electrons. The van der Waals surface area contributed by atoms with Gasteiger partial charge in [0.25, 0.3) is 0 Å². The third-order valence-electron chi connectivity index (χ3n) is 3.20. The Morgan fingerprint density at radius 1 is 1.44 bits per heavy atom. The van der Waals surface area contributed by atoms with Crippen LogP contribution in [0.2, 0.25) is 0 Å². The monoisotopic (exact) mass is 271 g/mol. The maximum atomic E-state index is 12.6. The minimum Gasteiger partial charge on any atom is -0.480 e. The number of likely N-dealkylation sites (tertiary alicyclic amines) is 1. The van der Waals surface area contributed by atoms with Gasteiger partial charge in [0.05, 0.1) is 6.61 Å². The van der Waals surface area contributed by atoms with E-state index in [9.17, 15) is 23.1 Å². The molecule has 18 heavy (non-hydrogen) atoms. The summed E-state index contributed by atoms with van der Waals surface area (Å²) in [6.07, 6.45) is -5.73. The van der Waals surface area contributed by atoms with Crippen molar-refractivity contribution >= 4 is 5.97 Å². The molecule has 1 saturated heterocycles. The van der Waals surface area contributed by atoms with Crippen LogP contribution in [0.1, 0.15) is 12.8 Å². The highest BCUT2D eigenvalue weighted by Gasteiger charge is 2.55. The molecule has 0 spiro atoms. The summed E-state index contributed by atoms with van der Waals surface area (Å²) in [5.41, 5.74) is -2.71. The minimum absolute atomic E-state index is 0.0974. The second-order valence-electron chi connectivity index (χ2n) is 4.37. The summed E-state index contributed by atoms with van der Waals surface area (Å²) in [5, 5.41) is 18.4. The predicted octanol–water partition coefficient (Wildman–Crippen LogP) is 0.475. The average molecular weight is 271 g/mol. The first kappa shape index (κ1) is 15.2. The fraction of sp³-hybridized carbons (Fsp3) is 0.900. The van der Waals surface area contributed by atoms with E-state index in [2.05, 4.69) is 0 Å². The molecule has 106 valence electrons. The average Bonchev–Trinajstić information content (AvgIpc) is 2.25. The largest absolute Gasteiger partial charge is 0.480 e. The summed E-state index contributed by atoms with van der Waals surface area (Å²) < 4.78 is 42.4. The third kappa shape index (κ3) is 3.12. The molecule has 0 aromatic carbocycles. The first-order chi connectivity index (χ1) is 8.21. The van der Waals surface area contributed by atoms with E-state index >= 15 is 0 Å². The van der Waals surface area contributed by atoms with Crippen LogP contribution in [0, 0.1) is 0 Å². The molecule has 1 atom stereocenters. The van der Waals surface area contributed by atoms with Crippen LogP contribution in [0.15, 0.2) is 0 Å². The second kappa shape index (κ2) is 5.41. The lowest BCUT2D eigenvalue weighted by molar-refractivity contribution is -0.273. The molecule has 0 amide bonds. The van der Waals surface area contributed by atoms with E-state index in [0.717, 1.165) is 0 Å². The maximum absolute atomic E-state index is 12.6. The Morgan fingerprint density at radius 3 is 2.28 bits per heavy atom. The van der Waals surface area contributed by atoms with Crippen LogP contribution in [-0.4, -0.2) is 65.7 Å². The smallest absolute Gasteiger partial charge is 0.417 e. The van der Waals surface area contributed by atoms with Gasteiger partial charge in [-0.2, -0.15) is 13.2 Å². The van der Waals surface area contributed by atoms with Crippen LogP contribution < -0.4 is 0 Å². The first-order valence-electron chi connectivity index (χ1n) is 5.46. The van der Waals surface area contributed by atoms with Crippen molar-refractivity contribution in [1.82, 2.24) is 4.90 Å². The number of hydrogen-bond acceptors (Lipinski definition) is 4. The van der Waals surface area contributed by atoms with Crippen molar-refractivity contribution in [2.24, 2.45) is 0 Å². The number of carboxylic acids is 1. The summed E-state index contributed by atoms with van der Waals surface area (Å²) in [4.78, 5) is 12.3. The molecule has 8 heteroatoms. The minimum atomic E-state index is -4.68. The highest BCUT2D eigenvalue weighted by atomic mass is 19.4. The van der Waals surface area contributed by atoms with E-state index in [0.29, 0.717) is 0 Å². The predicted molar refractivity (Wildman–Crippen MR) is 55.1 cm³/mol. The van der Waals surface area contributed by atoms with Gasteiger partial charge in [-0.05, 0) is 12.8 Å². The SMILES string of the molecule is COCC(C(=O)O)N1CCC(O)(C(F)(F)F)CC1. The molecular weight excluding hydrogens is 255 g/mol. The maximum Gasteiger partial charge on any atom is 0.417 e. The van der Waals surface area contributed by atoms with Crippen molar-refractivity contribution in [2.45, 2.75) is 30.7 Å². The van der Waals surface area contributed by atoms with Gasteiger partial charge in [0, 0.05) is 20.2 Å². The lowest BCUT2D eigenvalue weighted by atomic mass is 9.90. The van der Waals surface area contributed by atoms with Crippen molar-refractivity contribution in [3.8, 4) is 0 Å². The number of piperidine rings is 1. The van der Waals surface area contributed by atoms with E-state index in [-0.39, 0.29) is 19.7 Å². The van der Waals surface area contributed by atoms with Crippen molar-refractivity contribution < 1.29 is 32.9 Å². The lowest BCUT2D eigenvalue weighted by Crippen LogP contribution is -2.57. The van der Waals surface area contributed by atoms with Gasteiger partial charge in [0.1, 0.15) is 6.04 Å². The number of aliphatic carboxylic acids is 1. The van der Waals surface area contributed by atoms with Gasteiger partial charge < -0.3 is 14.9 Å². The lowest BCUT2D eigenvalue weighted by Gasteiger charge is -2.40. The molecule has 0 bridgehead atoms. The molecule has 1 fully saturated rings. The van der Waals surface area contributed by atoms with Crippen LogP contribution >= 0.6 is 0 Å². The number of carboxylic acid groups (broad SMARTS) is 1. The normalized spacial score (nSPS) is 22.7. The summed E-state index contributed by atoms with van der Waals surface area (Å²) >= 11 is 0. The topological polar surface area (TPSA) is 70.0 Å². The Kier molecular flexibility index (Phi) is 4.57. The number of ether oxygens (including phenoxy) is 1. The molecule has 0 saturated carbocycles. The van der Waals surface area contributed by atoms with Gasteiger partial charge in [-0.1, -0.05) is 0 Å². The quantitative estimate of drug-likeness (QED) is 0.778. The summed E-state index contributed by atoms with van der Waals surface area (Å²) in [6, 6.07) is -0.979. The molecule has 1 heterocycles. The summed E-state index contributed by atoms with van der Waals surface area (Å²) in [5.74, 6) is -1.14. The number of aliphatic hydroxyl groups is 1. The zero-order chi connectivity index (χ0) is 14.0. The molecule has 0 aliphatic carbocycles. The van der Waals surface area contributed by atoms with Crippen LogP contribution in [0.25, 0.3) is 0 Å². The Labute approximate surface area is 102 Å². The van der Waals surface area contributed by atoms with E-state index in [1.54, 1.807) is 0 Å². The van der Waals surface area contributed by atoms with Crippen LogP contribution in [-0.2, 0) is 9.53 Å². The molecule has 1 aliphatic heterocycles. The Bertz CT molecular complexity index is 300. The number of hydrogen-bond donors (Lipinski definition) is 2. The third-order valence-corrected chi connectivity index (χ3v) is 3.20. The zero-order valence-electron chi connectivity index (χ0n) is 9.90. The van der Waals surface area contributed by atoms with Gasteiger partial charge in [-0.3, -0.25) is 9.69 Å². The molecule has 2 N–H and O–H groups in total. The first-order valence-corrected chi connectivity index (χ1v) is 5.46. The molecule has 1 aliphatic rings. The molecule has 5 nitrogen and oxygen atoms in total. The number of halogens is 3. The van der Waals surface area contributed by atoms with E-state index in [1.807, 2.05) is 0 Å². The molecule has 1 rings (SSSR count). The van der Waals surface area contributed by atoms with E-state index in [4.69, 9.17) is 9.84 Å². The summed E-state index contributed by atoms with van der Waals surface area (Å²) in [6.45, 7) is -0.355. The standard InChI is InChI=1S/C10H16F3NO4/c1-18-6-7(8(15)16)14-4-2-9(17,3-5-14)10(11,12)13/h7,17H,2-6H2,1H3,(H,15,16). The van der Waals surface area contributed by atoms with Gasteiger partial charge in [-0.25, -0.2) is 0 Å². The van der Waals surface area contributed by atoms with Crippen LogP contribution in [0.4, 0.5) is 13.2 Å². The van der Waals surface area contributed by atoms with E-state index < -0.39 is 36.6 Å². The zero-order valence-corrected chi connectivity index (χ0v) is 9.90. The van der Waals surface area contributed by atoms with Crippen molar-refractivity contribution in [3.05, 3.63) is 0 Å². The summed E-state index contributed by atoms with van der Waals surface area (Å²) in [7, 11) is 1.33. The van der Waals surface area contributed by atoms with E-state index in [1.165, 1.54) is 12.0 Å². The Hall–Kier alpha value is -0.860. The van der Waals surface area contributed by atoms with Gasteiger partial charge >= 0.3 is 12.1 Å². The molecule has 0 aromatic heterocycles. The number of alkyl halides is 3. The van der Waals surface area contributed by atoms with Gasteiger partial charge in [0.2, 0.25) is 0 Å². The fourth-order valence-electron chi connectivity index (χ4n) is 1.98.